The third-order valence-electron chi connectivity index (χ3n) is 2.93. The Hall–Kier alpha value is -2.11. The lowest BCUT2D eigenvalue weighted by atomic mass is 10.2. The average molecular weight is 353 g/mol. The highest BCUT2D eigenvalue weighted by molar-refractivity contribution is 6.32. The van der Waals surface area contributed by atoms with Crippen LogP contribution in [0.4, 0.5) is 0 Å². The Bertz CT molecular complexity index is 705. The quantitative estimate of drug-likeness (QED) is 0.661. The number of aromatic nitrogens is 1. The summed E-state index contributed by atoms with van der Waals surface area (Å²) in [4.78, 5) is 27.7. The zero-order chi connectivity index (χ0) is 16.8. The van der Waals surface area contributed by atoms with Gasteiger partial charge in [0.1, 0.15) is 11.8 Å². The van der Waals surface area contributed by atoms with Crippen LogP contribution < -0.4 is 5.32 Å². The van der Waals surface area contributed by atoms with Crippen LogP contribution in [0.5, 0.6) is 0 Å². The fraction of sp³-hybridized carbons (Fsp3) is 0.188. The van der Waals surface area contributed by atoms with Crippen molar-refractivity contribution in [2.45, 2.75) is 13.0 Å². The zero-order valence-electron chi connectivity index (χ0n) is 12.3. The van der Waals surface area contributed by atoms with Crippen molar-refractivity contribution in [1.29, 1.82) is 0 Å². The van der Waals surface area contributed by atoms with E-state index in [1.807, 2.05) is 0 Å². The molecule has 2 aromatic rings. The topological polar surface area (TPSA) is 68.3 Å². The van der Waals surface area contributed by atoms with Gasteiger partial charge in [0.2, 0.25) is 0 Å². The van der Waals surface area contributed by atoms with Gasteiger partial charge in [-0.15, -0.1) is 0 Å². The highest BCUT2D eigenvalue weighted by Gasteiger charge is 2.15. The minimum atomic E-state index is -0.484. The fourth-order valence-electron chi connectivity index (χ4n) is 1.77. The van der Waals surface area contributed by atoms with Gasteiger partial charge in [0.05, 0.1) is 17.2 Å². The molecule has 0 spiro atoms. The van der Waals surface area contributed by atoms with Crippen molar-refractivity contribution in [3.8, 4) is 0 Å². The van der Waals surface area contributed by atoms with Crippen LogP contribution in [-0.2, 0) is 4.74 Å². The van der Waals surface area contributed by atoms with Crippen molar-refractivity contribution in [2.24, 2.45) is 0 Å². The monoisotopic (exact) mass is 352 g/mol. The third-order valence-corrected chi connectivity index (χ3v) is 3.48. The first-order valence-electron chi connectivity index (χ1n) is 6.81. The van der Waals surface area contributed by atoms with E-state index in [0.29, 0.717) is 10.6 Å². The molecule has 2 rings (SSSR count). The van der Waals surface area contributed by atoms with Crippen LogP contribution in [0.3, 0.4) is 0 Å². The first kappa shape index (κ1) is 17.2. The van der Waals surface area contributed by atoms with E-state index in [1.165, 1.54) is 6.20 Å². The number of pyridine rings is 1. The molecule has 7 heteroatoms. The number of rotatable bonds is 5. The predicted octanol–water partition coefficient (Wildman–Crippen LogP) is 3.36. The summed E-state index contributed by atoms with van der Waals surface area (Å²) in [5.74, 6) is -0.861. The van der Waals surface area contributed by atoms with Crippen LogP contribution in [0.2, 0.25) is 10.2 Å². The number of hydrogen-bond acceptors (Lipinski definition) is 4. The van der Waals surface area contributed by atoms with Crippen LogP contribution >= 0.6 is 23.2 Å². The smallest absolute Gasteiger partial charge is 0.338 e. The van der Waals surface area contributed by atoms with Crippen LogP contribution in [-0.4, -0.2) is 29.5 Å². The van der Waals surface area contributed by atoms with E-state index in [4.69, 9.17) is 27.9 Å². The molecule has 0 radical (unpaired) electrons. The maximum absolute atomic E-state index is 12.0. The molecule has 1 aromatic heterocycles. The number of ether oxygens (including phenoxy) is 1. The van der Waals surface area contributed by atoms with Gasteiger partial charge >= 0.3 is 5.97 Å². The molecule has 0 aliphatic heterocycles. The summed E-state index contributed by atoms with van der Waals surface area (Å²) < 4.78 is 5.15. The third kappa shape index (κ3) is 4.94. The molecule has 23 heavy (non-hydrogen) atoms. The Labute approximate surface area is 143 Å². The Morgan fingerprint density at radius 3 is 2.57 bits per heavy atom. The molecular formula is C16H14Cl2N2O3. The van der Waals surface area contributed by atoms with Crippen molar-refractivity contribution in [3.63, 3.8) is 0 Å². The Morgan fingerprint density at radius 2 is 1.91 bits per heavy atom. The van der Waals surface area contributed by atoms with Gasteiger partial charge in [-0.3, -0.25) is 4.79 Å². The highest BCUT2D eigenvalue weighted by Crippen LogP contribution is 2.12. The van der Waals surface area contributed by atoms with Gasteiger partial charge in [-0.05, 0) is 43.3 Å². The Morgan fingerprint density at radius 1 is 1.22 bits per heavy atom. The van der Waals surface area contributed by atoms with Crippen molar-refractivity contribution in [3.05, 3.63) is 63.9 Å². The molecule has 1 amide bonds. The number of hydrogen-bond donors (Lipinski definition) is 1. The van der Waals surface area contributed by atoms with Crippen LogP contribution in [0.15, 0.2) is 42.6 Å². The lowest BCUT2D eigenvalue weighted by Crippen LogP contribution is -2.36. The number of amides is 1. The SMILES string of the molecule is C[C@@H](COC(=O)c1ccc(Cl)cc1)NC(=O)c1cccnc1Cl. The van der Waals surface area contributed by atoms with E-state index in [9.17, 15) is 9.59 Å². The molecule has 1 heterocycles. The highest BCUT2D eigenvalue weighted by atomic mass is 35.5. The number of carbonyl (C=O) groups is 2. The van der Waals surface area contributed by atoms with Gasteiger partial charge in [-0.25, -0.2) is 9.78 Å². The van der Waals surface area contributed by atoms with Gasteiger partial charge in [0.15, 0.2) is 0 Å². The van der Waals surface area contributed by atoms with E-state index < -0.39 is 5.97 Å². The van der Waals surface area contributed by atoms with E-state index in [0.717, 1.165) is 0 Å². The molecule has 0 saturated heterocycles. The van der Waals surface area contributed by atoms with Crippen LogP contribution in [0, 0.1) is 0 Å². The van der Waals surface area contributed by atoms with Crippen molar-refractivity contribution in [1.82, 2.24) is 10.3 Å². The van der Waals surface area contributed by atoms with Crippen LogP contribution in [0.25, 0.3) is 0 Å². The minimum Gasteiger partial charge on any atom is -0.460 e. The maximum atomic E-state index is 12.0. The van der Waals surface area contributed by atoms with E-state index in [2.05, 4.69) is 10.3 Å². The molecule has 0 fully saturated rings. The number of nitrogens with one attached hydrogen (secondary N) is 1. The Balaban J connectivity index is 1.86. The molecule has 0 aliphatic rings. The van der Waals surface area contributed by atoms with Gasteiger partial charge in [0.25, 0.3) is 5.91 Å². The summed E-state index contributed by atoms with van der Waals surface area (Å²) in [6.07, 6.45) is 1.50. The second-order valence-corrected chi connectivity index (χ2v) is 5.62. The summed E-state index contributed by atoms with van der Waals surface area (Å²) in [6, 6.07) is 9.16. The predicted molar refractivity (Wildman–Crippen MR) is 87.9 cm³/mol. The summed E-state index contributed by atoms with van der Waals surface area (Å²) in [5, 5.41) is 3.35. The molecule has 0 unspecified atom stereocenters. The summed E-state index contributed by atoms with van der Waals surface area (Å²) >= 11 is 11.6. The second-order valence-electron chi connectivity index (χ2n) is 4.82. The van der Waals surface area contributed by atoms with Gasteiger partial charge in [-0.1, -0.05) is 23.2 Å². The van der Waals surface area contributed by atoms with E-state index >= 15 is 0 Å². The molecule has 0 bridgehead atoms. The summed E-state index contributed by atoms with van der Waals surface area (Å²) in [5.41, 5.74) is 0.660. The van der Waals surface area contributed by atoms with Gasteiger partial charge in [-0.2, -0.15) is 0 Å². The van der Waals surface area contributed by atoms with E-state index in [-0.39, 0.29) is 29.3 Å². The van der Waals surface area contributed by atoms with E-state index in [1.54, 1.807) is 43.3 Å². The average Bonchev–Trinajstić information content (AvgIpc) is 2.53. The maximum Gasteiger partial charge on any atom is 0.338 e. The summed E-state index contributed by atoms with van der Waals surface area (Å²) in [6.45, 7) is 1.75. The number of benzene rings is 1. The fourth-order valence-corrected chi connectivity index (χ4v) is 2.10. The normalized spacial score (nSPS) is 11.6. The first-order chi connectivity index (χ1) is 11.0. The minimum absolute atomic E-state index is 0.0328. The van der Waals surface area contributed by atoms with Crippen molar-refractivity contribution >= 4 is 35.1 Å². The molecule has 5 nitrogen and oxygen atoms in total. The molecule has 0 aliphatic carbocycles. The lowest BCUT2D eigenvalue weighted by Gasteiger charge is -2.14. The molecular weight excluding hydrogens is 339 g/mol. The lowest BCUT2D eigenvalue weighted by molar-refractivity contribution is 0.0464. The standard InChI is InChI=1S/C16H14Cl2N2O3/c1-10(20-15(21)13-3-2-8-19-14(13)18)9-23-16(22)11-4-6-12(17)7-5-11/h2-8,10H,9H2,1H3,(H,20,21)/t10-/m0/s1. The molecule has 0 saturated carbocycles. The summed E-state index contributed by atoms with van der Waals surface area (Å²) in [7, 11) is 0. The van der Waals surface area contributed by atoms with Crippen LogP contribution in [0.1, 0.15) is 27.6 Å². The van der Waals surface area contributed by atoms with Gasteiger partial charge in [0, 0.05) is 11.2 Å². The number of esters is 1. The first-order valence-corrected chi connectivity index (χ1v) is 7.57. The number of nitrogens with zero attached hydrogens (tertiary/aromatic N) is 1. The molecule has 1 atom stereocenters. The second kappa shape index (κ2) is 7.94. The molecule has 1 aromatic carbocycles. The molecule has 120 valence electrons. The van der Waals surface area contributed by atoms with Crippen molar-refractivity contribution in [2.75, 3.05) is 6.61 Å². The number of halogens is 2. The Kier molecular flexibility index (Phi) is 5.96. The number of carbonyl (C=O) groups excluding carboxylic acids is 2. The van der Waals surface area contributed by atoms with Crippen molar-refractivity contribution < 1.29 is 14.3 Å². The zero-order valence-corrected chi connectivity index (χ0v) is 13.8. The van der Waals surface area contributed by atoms with Gasteiger partial charge < -0.3 is 10.1 Å². The molecule has 1 N–H and O–H groups in total. The largest absolute Gasteiger partial charge is 0.460 e.